The standard InChI is InChI=1S/C22H26N2O3/c1-4-24(5-2)22(26)19(23-21(25)17-12-8-7-9-13-17)16-18-14-10-11-15-20(18)27-6-3/h7-16H,4-6H2,1-3H3,(H,23,25). The lowest BCUT2D eigenvalue weighted by Crippen LogP contribution is -2.38. The molecule has 2 aromatic carbocycles. The number of carbonyl (C=O) groups is 2. The summed E-state index contributed by atoms with van der Waals surface area (Å²) in [6, 6.07) is 16.3. The first-order valence-corrected chi connectivity index (χ1v) is 9.19. The van der Waals surface area contributed by atoms with Crippen LogP contribution in [0.1, 0.15) is 36.7 Å². The Hall–Kier alpha value is -3.08. The van der Waals surface area contributed by atoms with Gasteiger partial charge in [0.2, 0.25) is 0 Å². The van der Waals surface area contributed by atoms with Crippen molar-refractivity contribution in [2.24, 2.45) is 0 Å². The summed E-state index contributed by atoms with van der Waals surface area (Å²) >= 11 is 0. The number of hydrogen-bond donors (Lipinski definition) is 1. The van der Waals surface area contributed by atoms with Crippen molar-refractivity contribution in [3.05, 3.63) is 71.4 Å². The smallest absolute Gasteiger partial charge is 0.270 e. The van der Waals surface area contributed by atoms with Crippen LogP contribution < -0.4 is 10.1 Å². The number of benzene rings is 2. The molecule has 0 spiro atoms. The van der Waals surface area contributed by atoms with Gasteiger partial charge >= 0.3 is 0 Å². The Kier molecular flexibility index (Phi) is 7.62. The lowest BCUT2D eigenvalue weighted by molar-refractivity contribution is -0.127. The van der Waals surface area contributed by atoms with Crippen LogP contribution in [0.2, 0.25) is 0 Å². The maximum atomic E-state index is 12.9. The predicted octanol–water partition coefficient (Wildman–Crippen LogP) is 3.72. The molecule has 2 aromatic rings. The van der Waals surface area contributed by atoms with E-state index in [9.17, 15) is 9.59 Å². The number of ether oxygens (including phenoxy) is 1. The topological polar surface area (TPSA) is 58.6 Å². The highest BCUT2D eigenvalue weighted by Crippen LogP contribution is 2.21. The van der Waals surface area contributed by atoms with Crippen LogP contribution in [0.3, 0.4) is 0 Å². The Morgan fingerprint density at radius 1 is 0.963 bits per heavy atom. The molecule has 0 aliphatic carbocycles. The Morgan fingerprint density at radius 3 is 2.22 bits per heavy atom. The van der Waals surface area contributed by atoms with Crippen LogP contribution in [0.15, 0.2) is 60.3 Å². The summed E-state index contributed by atoms with van der Waals surface area (Å²) < 4.78 is 5.64. The fraction of sp³-hybridized carbons (Fsp3) is 0.273. The van der Waals surface area contributed by atoms with Crippen LogP contribution in [-0.2, 0) is 4.79 Å². The normalized spacial score (nSPS) is 11.0. The Balaban J connectivity index is 2.41. The van der Waals surface area contributed by atoms with Gasteiger partial charge in [-0.3, -0.25) is 9.59 Å². The van der Waals surface area contributed by atoms with Gasteiger partial charge in [-0.25, -0.2) is 0 Å². The molecule has 1 N–H and O–H groups in total. The van der Waals surface area contributed by atoms with Crippen molar-refractivity contribution in [3.8, 4) is 5.75 Å². The second-order valence-corrected chi connectivity index (χ2v) is 5.83. The average molecular weight is 366 g/mol. The first kappa shape index (κ1) is 20.2. The third kappa shape index (κ3) is 5.45. The summed E-state index contributed by atoms with van der Waals surface area (Å²) in [5.41, 5.74) is 1.46. The van der Waals surface area contributed by atoms with Crippen LogP contribution in [0.5, 0.6) is 5.75 Å². The summed E-state index contributed by atoms with van der Waals surface area (Å²) in [4.78, 5) is 27.2. The predicted molar refractivity (Wildman–Crippen MR) is 107 cm³/mol. The van der Waals surface area contributed by atoms with E-state index in [1.54, 1.807) is 35.2 Å². The minimum Gasteiger partial charge on any atom is -0.493 e. The molecule has 0 fully saturated rings. The van der Waals surface area contributed by atoms with Crippen molar-refractivity contribution in [1.29, 1.82) is 0 Å². The monoisotopic (exact) mass is 366 g/mol. The number of nitrogens with zero attached hydrogens (tertiary/aromatic N) is 1. The van der Waals surface area contributed by atoms with Crippen LogP contribution in [0.4, 0.5) is 0 Å². The first-order chi connectivity index (χ1) is 13.1. The second-order valence-electron chi connectivity index (χ2n) is 5.83. The summed E-state index contributed by atoms with van der Waals surface area (Å²) in [6.07, 6.45) is 1.67. The molecule has 142 valence electrons. The number of amides is 2. The molecule has 2 rings (SSSR count). The Bertz CT molecular complexity index is 796. The number of para-hydroxylation sites is 1. The van der Waals surface area contributed by atoms with E-state index in [1.165, 1.54) is 0 Å². The van der Waals surface area contributed by atoms with Crippen LogP contribution in [0.25, 0.3) is 6.08 Å². The van der Waals surface area contributed by atoms with Gasteiger partial charge < -0.3 is 15.0 Å². The molecule has 2 amide bonds. The van der Waals surface area contributed by atoms with Crippen LogP contribution >= 0.6 is 0 Å². The van der Waals surface area contributed by atoms with Gasteiger partial charge in [-0.05, 0) is 45.0 Å². The molecule has 0 heterocycles. The first-order valence-electron chi connectivity index (χ1n) is 9.19. The van der Waals surface area contributed by atoms with Crippen LogP contribution in [0, 0.1) is 0 Å². The second kappa shape index (κ2) is 10.2. The number of rotatable bonds is 8. The minimum absolute atomic E-state index is 0.222. The summed E-state index contributed by atoms with van der Waals surface area (Å²) in [5, 5.41) is 2.78. The van der Waals surface area contributed by atoms with Gasteiger partial charge in [0.1, 0.15) is 11.4 Å². The zero-order valence-electron chi connectivity index (χ0n) is 16.1. The van der Waals surface area contributed by atoms with Gasteiger partial charge in [-0.1, -0.05) is 36.4 Å². The molecule has 0 bridgehead atoms. The molecule has 0 saturated heterocycles. The van der Waals surface area contributed by atoms with E-state index in [2.05, 4.69) is 5.32 Å². The Morgan fingerprint density at radius 2 is 1.59 bits per heavy atom. The fourth-order valence-corrected chi connectivity index (χ4v) is 2.66. The highest BCUT2D eigenvalue weighted by atomic mass is 16.5. The van der Waals surface area contributed by atoms with E-state index in [4.69, 9.17) is 4.74 Å². The number of nitrogens with one attached hydrogen (secondary N) is 1. The summed E-state index contributed by atoms with van der Waals surface area (Å²) in [6.45, 7) is 7.35. The third-order valence-corrected chi connectivity index (χ3v) is 4.08. The van der Waals surface area contributed by atoms with Crippen molar-refractivity contribution in [2.75, 3.05) is 19.7 Å². The molecule has 5 heteroatoms. The average Bonchev–Trinajstić information content (AvgIpc) is 2.70. The lowest BCUT2D eigenvalue weighted by Gasteiger charge is -2.21. The van der Waals surface area contributed by atoms with Gasteiger partial charge in [-0.2, -0.15) is 0 Å². The highest BCUT2D eigenvalue weighted by Gasteiger charge is 2.19. The number of likely N-dealkylation sites (N-methyl/N-ethyl adjacent to an activating group) is 1. The highest BCUT2D eigenvalue weighted by molar-refractivity contribution is 6.05. The molecule has 0 atom stereocenters. The molecule has 0 aliphatic rings. The SMILES string of the molecule is CCOc1ccccc1C=C(NC(=O)c1ccccc1)C(=O)N(CC)CC. The van der Waals surface area contributed by atoms with E-state index < -0.39 is 0 Å². The largest absolute Gasteiger partial charge is 0.493 e. The van der Waals surface area contributed by atoms with E-state index in [0.717, 1.165) is 5.56 Å². The minimum atomic E-state index is -0.323. The zero-order valence-corrected chi connectivity index (χ0v) is 16.1. The maximum absolute atomic E-state index is 12.9. The molecular weight excluding hydrogens is 340 g/mol. The van der Waals surface area contributed by atoms with E-state index in [0.29, 0.717) is 31.0 Å². The zero-order chi connectivity index (χ0) is 19.6. The molecule has 27 heavy (non-hydrogen) atoms. The van der Waals surface area contributed by atoms with Gasteiger partial charge in [0.15, 0.2) is 0 Å². The lowest BCUT2D eigenvalue weighted by atomic mass is 10.1. The molecule has 0 radical (unpaired) electrons. The quantitative estimate of drug-likeness (QED) is 0.724. The maximum Gasteiger partial charge on any atom is 0.270 e. The van der Waals surface area contributed by atoms with Crippen LogP contribution in [-0.4, -0.2) is 36.4 Å². The molecule has 0 aromatic heterocycles. The fourth-order valence-electron chi connectivity index (χ4n) is 2.66. The molecule has 5 nitrogen and oxygen atoms in total. The van der Waals surface area contributed by atoms with Gasteiger partial charge in [-0.15, -0.1) is 0 Å². The summed E-state index contributed by atoms with van der Waals surface area (Å²) in [7, 11) is 0. The molecular formula is C22H26N2O3. The van der Waals surface area contributed by atoms with E-state index in [-0.39, 0.29) is 17.5 Å². The Labute approximate surface area is 160 Å². The molecule has 0 aliphatic heterocycles. The van der Waals surface area contributed by atoms with Crippen molar-refractivity contribution in [1.82, 2.24) is 10.2 Å². The van der Waals surface area contributed by atoms with Gasteiger partial charge in [0.05, 0.1) is 6.61 Å². The summed E-state index contributed by atoms with van der Waals surface area (Å²) in [5.74, 6) is 0.116. The van der Waals surface area contributed by atoms with Crippen molar-refractivity contribution < 1.29 is 14.3 Å². The van der Waals surface area contributed by atoms with Gasteiger partial charge in [0.25, 0.3) is 11.8 Å². The molecule has 0 unspecified atom stereocenters. The van der Waals surface area contributed by atoms with Crippen molar-refractivity contribution in [2.45, 2.75) is 20.8 Å². The van der Waals surface area contributed by atoms with E-state index >= 15 is 0 Å². The van der Waals surface area contributed by atoms with Crippen molar-refractivity contribution >= 4 is 17.9 Å². The number of carbonyl (C=O) groups excluding carboxylic acids is 2. The molecule has 0 saturated carbocycles. The third-order valence-electron chi connectivity index (χ3n) is 4.08. The van der Waals surface area contributed by atoms with Gasteiger partial charge in [0, 0.05) is 24.2 Å². The van der Waals surface area contributed by atoms with E-state index in [1.807, 2.05) is 51.1 Å². The number of hydrogen-bond acceptors (Lipinski definition) is 3. The van der Waals surface area contributed by atoms with Crippen molar-refractivity contribution in [3.63, 3.8) is 0 Å².